The minimum absolute atomic E-state index is 0.353. The van der Waals surface area contributed by atoms with Gasteiger partial charge in [0.25, 0.3) is 10.0 Å². The van der Waals surface area contributed by atoms with Crippen LogP contribution in [0.15, 0.2) is 40.6 Å². The van der Waals surface area contributed by atoms with Crippen molar-refractivity contribution in [3.05, 3.63) is 41.3 Å². The smallest absolute Gasteiger partial charge is 0.271 e. The lowest BCUT2D eigenvalue weighted by atomic mass is 10.2. The summed E-state index contributed by atoms with van der Waals surface area (Å²) in [6.45, 7) is 5.19. The summed E-state index contributed by atoms with van der Waals surface area (Å²) >= 11 is 1.31. The van der Waals surface area contributed by atoms with Crippen LogP contribution in [0.3, 0.4) is 0 Å². The number of morpholine rings is 1. The van der Waals surface area contributed by atoms with Gasteiger partial charge in [-0.3, -0.25) is 4.72 Å². The third-order valence-electron chi connectivity index (χ3n) is 3.75. The van der Waals surface area contributed by atoms with Crippen LogP contribution >= 0.6 is 11.3 Å². The number of nitrogens with zero attached hydrogens (tertiary/aromatic N) is 1. The first-order valence-electron chi connectivity index (χ1n) is 7.63. The molecule has 7 heteroatoms. The highest BCUT2D eigenvalue weighted by molar-refractivity contribution is 7.94. The molecule has 0 amide bonds. The van der Waals surface area contributed by atoms with Crippen LogP contribution in [0.5, 0.6) is 0 Å². The minimum atomic E-state index is -3.51. The lowest BCUT2D eigenvalue weighted by Gasteiger charge is -2.28. The van der Waals surface area contributed by atoms with Gasteiger partial charge < -0.3 is 9.64 Å². The van der Waals surface area contributed by atoms with Crippen LogP contribution in [0.25, 0.3) is 0 Å². The van der Waals surface area contributed by atoms with Crippen LogP contribution < -0.4 is 9.62 Å². The van der Waals surface area contributed by atoms with E-state index >= 15 is 0 Å². The molecule has 3 rings (SSSR count). The third kappa shape index (κ3) is 3.85. The van der Waals surface area contributed by atoms with Gasteiger partial charge in [0.1, 0.15) is 4.21 Å². The first-order chi connectivity index (χ1) is 11.1. The number of sulfonamides is 1. The number of hydrogen-bond donors (Lipinski definition) is 1. The summed E-state index contributed by atoms with van der Waals surface area (Å²) in [5.74, 6) is 0. The van der Waals surface area contributed by atoms with Crippen LogP contribution in [-0.2, 0) is 21.2 Å². The van der Waals surface area contributed by atoms with Gasteiger partial charge in [0.05, 0.1) is 13.2 Å². The van der Waals surface area contributed by atoms with Crippen molar-refractivity contribution in [2.24, 2.45) is 0 Å². The second kappa shape index (κ2) is 6.90. The molecule has 124 valence electrons. The second-order valence-electron chi connectivity index (χ2n) is 5.33. The fourth-order valence-electron chi connectivity index (χ4n) is 2.46. The van der Waals surface area contributed by atoms with E-state index in [0.29, 0.717) is 9.90 Å². The SMILES string of the molecule is CCc1ccc(S(=O)(=O)Nc2ccc(N3CCOCC3)cc2)s1. The van der Waals surface area contributed by atoms with E-state index in [4.69, 9.17) is 4.74 Å². The summed E-state index contributed by atoms with van der Waals surface area (Å²) in [4.78, 5) is 3.29. The maximum atomic E-state index is 12.4. The molecule has 0 aliphatic carbocycles. The Labute approximate surface area is 140 Å². The molecule has 23 heavy (non-hydrogen) atoms. The average Bonchev–Trinajstić information content (AvgIpc) is 3.06. The molecule has 2 heterocycles. The molecule has 1 N–H and O–H groups in total. The normalized spacial score (nSPS) is 15.6. The van der Waals surface area contributed by atoms with E-state index in [1.165, 1.54) is 11.3 Å². The summed E-state index contributed by atoms with van der Waals surface area (Å²) in [7, 11) is -3.51. The molecular formula is C16H20N2O3S2. The van der Waals surface area contributed by atoms with Crippen molar-refractivity contribution >= 4 is 32.7 Å². The monoisotopic (exact) mass is 352 g/mol. The Kier molecular flexibility index (Phi) is 4.89. The highest BCUT2D eigenvalue weighted by Gasteiger charge is 2.17. The number of ether oxygens (including phenoxy) is 1. The van der Waals surface area contributed by atoms with Crippen molar-refractivity contribution in [2.75, 3.05) is 35.9 Å². The summed E-state index contributed by atoms with van der Waals surface area (Å²) < 4.78 is 33.1. The number of benzene rings is 1. The van der Waals surface area contributed by atoms with Gasteiger partial charge in [0, 0.05) is 29.3 Å². The molecule has 1 aromatic carbocycles. The molecule has 2 aromatic rings. The number of aryl methyl sites for hydroxylation is 1. The molecule has 0 radical (unpaired) electrons. The Bertz CT molecular complexity index is 748. The highest BCUT2D eigenvalue weighted by atomic mass is 32.2. The zero-order valence-electron chi connectivity index (χ0n) is 13.0. The molecule has 1 saturated heterocycles. The van der Waals surface area contributed by atoms with Crippen LogP contribution in [0.2, 0.25) is 0 Å². The molecule has 1 aromatic heterocycles. The van der Waals surface area contributed by atoms with Gasteiger partial charge in [0.2, 0.25) is 0 Å². The summed E-state index contributed by atoms with van der Waals surface area (Å²) in [6.07, 6.45) is 0.842. The molecule has 1 fully saturated rings. The minimum Gasteiger partial charge on any atom is -0.378 e. The topological polar surface area (TPSA) is 58.6 Å². The Balaban J connectivity index is 1.72. The van der Waals surface area contributed by atoms with Crippen LogP contribution in [-0.4, -0.2) is 34.7 Å². The largest absolute Gasteiger partial charge is 0.378 e. The van der Waals surface area contributed by atoms with E-state index < -0.39 is 10.0 Å². The average molecular weight is 352 g/mol. The van der Waals surface area contributed by atoms with Crippen LogP contribution in [0, 0.1) is 0 Å². The number of nitrogens with one attached hydrogen (secondary N) is 1. The van der Waals surface area contributed by atoms with Gasteiger partial charge in [-0.25, -0.2) is 8.42 Å². The van der Waals surface area contributed by atoms with Gasteiger partial charge in [-0.15, -0.1) is 11.3 Å². The molecule has 0 atom stereocenters. The van der Waals surface area contributed by atoms with Crippen molar-refractivity contribution in [3.8, 4) is 0 Å². The number of thiophene rings is 1. The number of hydrogen-bond acceptors (Lipinski definition) is 5. The third-order valence-corrected chi connectivity index (χ3v) is 6.85. The standard InChI is InChI=1S/C16H20N2O3S2/c1-2-15-7-8-16(22-15)23(19,20)17-13-3-5-14(6-4-13)18-9-11-21-12-10-18/h3-8,17H,2,9-12H2,1H3. The Morgan fingerprint density at radius 1 is 1.13 bits per heavy atom. The molecule has 0 unspecified atom stereocenters. The van der Waals surface area contributed by atoms with Gasteiger partial charge in [-0.1, -0.05) is 6.92 Å². The quantitative estimate of drug-likeness (QED) is 0.899. The maximum absolute atomic E-state index is 12.4. The predicted molar refractivity (Wildman–Crippen MR) is 94.0 cm³/mol. The molecule has 1 aliphatic heterocycles. The van der Waals surface area contributed by atoms with E-state index in [1.54, 1.807) is 18.2 Å². The van der Waals surface area contributed by atoms with E-state index in [9.17, 15) is 8.42 Å². The lowest BCUT2D eigenvalue weighted by molar-refractivity contribution is 0.122. The van der Waals surface area contributed by atoms with E-state index in [1.807, 2.05) is 25.1 Å². The predicted octanol–water partition coefficient (Wildman–Crippen LogP) is 2.95. The molecule has 0 saturated carbocycles. The van der Waals surface area contributed by atoms with Crippen molar-refractivity contribution in [2.45, 2.75) is 17.6 Å². The zero-order valence-corrected chi connectivity index (χ0v) is 14.6. The summed E-state index contributed by atoms with van der Waals surface area (Å²) in [5.41, 5.74) is 1.66. The molecule has 5 nitrogen and oxygen atoms in total. The summed E-state index contributed by atoms with van der Waals surface area (Å²) in [5, 5.41) is 0. The molecule has 0 spiro atoms. The second-order valence-corrected chi connectivity index (χ2v) is 8.40. The van der Waals surface area contributed by atoms with Gasteiger partial charge >= 0.3 is 0 Å². The summed E-state index contributed by atoms with van der Waals surface area (Å²) in [6, 6.07) is 11.0. The molecular weight excluding hydrogens is 332 g/mol. The highest BCUT2D eigenvalue weighted by Crippen LogP contribution is 2.25. The zero-order chi connectivity index (χ0) is 16.3. The maximum Gasteiger partial charge on any atom is 0.271 e. The number of anilines is 2. The first-order valence-corrected chi connectivity index (χ1v) is 9.93. The van der Waals surface area contributed by atoms with Crippen LogP contribution in [0.4, 0.5) is 11.4 Å². The van der Waals surface area contributed by atoms with Crippen molar-refractivity contribution in [1.82, 2.24) is 0 Å². The fraction of sp³-hybridized carbons (Fsp3) is 0.375. The van der Waals surface area contributed by atoms with E-state index in [2.05, 4.69) is 9.62 Å². The van der Waals surface area contributed by atoms with Crippen molar-refractivity contribution in [3.63, 3.8) is 0 Å². The lowest BCUT2D eigenvalue weighted by Crippen LogP contribution is -2.36. The Morgan fingerprint density at radius 2 is 1.83 bits per heavy atom. The van der Waals surface area contributed by atoms with Crippen molar-refractivity contribution in [1.29, 1.82) is 0 Å². The first kappa shape index (κ1) is 16.3. The van der Waals surface area contributed by atoms with Crippen LogP contribution in [0.1, 0.15) is 11.8 Å². The van der Waals surface area contributed by atoms with Crippen molar-refractivity contribution < 1.29 is 13.2 Å². The Hall–Kier alpha value is -1.57. The van der Waals surface area contributed by atoms with Gasteiger partial charge in [0.15, 0.2) is 0 Å². The number of rotatable bonds is 5. The Morgan fingerprint density at radius 3 is 2.43 bits per heavy atom. The van der Waals surface area contributed by atoms with E-state index in [0.717, 1.165) is 43.3 Å². The van der Waals surface area contributed by atoms with Gasteiger partial charge in [-0.05, 0) is 42.8 Å². The van der Waals surface area contributed by atoms with Gasteiger partial charge in [-0.2, -0.15) is 0 Å². The molecule has 0 bridgehead atoms. The molecule has 1 aliphatic rings. The van der Waals surface area contributed by atoms with E-state index in [-0.39, 0.29) is 0 Å². The fourth-order valence-corrected chi connectivity index (χ4v) is 4.81.